The number of alkyl carbamates (subject to hydrolysis) is 1. The van der Waals surface area contributed by atoms with Crippen LogP contribution in [0.2, 0.25) is 0 Å². The van der Waals surface area contributed by atoms with Crippen LogP contribution in [-0.4, -0.2) is 30.8 Å². The maximum Gasteiger partial charge on any atom is 0.408 e. The molecule has 0 unspecified atom stereocenters. The lowest BCUT2D eigenvalue weighted by atomic mass is 10.0. The minimum atomic E-state index is -0.779. The molecular weight excluding hydrogens is 380 g/mol. The topological polar surface area (TPSA) is 76.7 Å². The molecule has 2 aromatic carbocycles. The quantitative estimate of drug-likeness (QED) is 0.687. The van der Waals surface area contributed by atoms with E-state index < -0.39 is 17.7 Å². The molecule has 6 nitrogen and oxygen atoms in total. The van der Waals surface area contributed by atoms with Crippen LogP contribution in [0, 0.1) is 0 Å². The van der Waals surface area contributed by atoms with Gasteiger partial charge < -0.3 is 20.1 Å². The van der Waals surface area contributed by atoms with Crippen LogP contribution < -0.4 is 15.4 Å². The molecule has 2 amide bonds. The highest BCUT2D eigenvalue weighted by Gasteiger charge is 2.24. The highest BCUT2D eigenvalue weighted by molar-refractivity contribution is 5.86. The van der Waals surface area contributed by atoms with Gasteiger partial charge in [0.05, 0.1) is 7.11 Å². The van der Waals surface area contributed by atoms with Gasteiger partial charge in [-0.2, -0.15) is 0 Å². The van der Waals surface area contributed by atoms with E-state index in [-0.39, 0.29) is 5.91 Å². The Labute approximate surface area is 178 Å². The van der Waals surface area contributed by atoms with E-state index in [0.717, 1.165) is 22.4 Å². The SMILES string of the molecule is C=Cc1cccc(C[C@H](NC(=O)OC(C)(C)C)C(=O)NCc2ccc(OC)cc2)c1. The van der Waals surface area contributed by atoms with Crippen LogP contribution in [0.5, 0.6) is 5.75 Å². The number of methoxy groups -OCH3 is 1. The third kappa shape index (κ3) is 7.62. The Bertz CT molecular complexity index is 870. The molecule has 0 bridgehead atoms. The number of amides is 2. The second kappa shape index (κ2) is 10.5. The van der Waals surface area contributed by atoms with Gasteiger partial charge in [0.15, 0.2) is 0 Å². The van der Waals surface area contributed by atoms with Gasteiger partial charge in [0.1, 0.15) is 17.4 Å². The number of nitrogens with one attached hydrogen (secondary N) is 2. The molecule has 0 aliphatic carbocycles. The van der Waals surface area contributed by atoms with E-state index >= 15 is 0 Å². The van der Waals surface area contributed by atoms with E-state index in [0.29, 0.717) is 13.0 Å². The Balaban J connectivity index is 2.10. The first kappa shape index (κ1) is 23.0. The lowest BCUT2D eigenvalue weighted by Crippen LogP contribution is -2.49. The fraction of sp³-hybridized carbons (Fsp3) is 0.333. The minimum Gasteiger partial charge on any atom is -0.497 e. The lowest BCUT2D eigenvalue weighted by Gasteiger charge is -2.23. The van der Waals surface area contributed by atoms with Crippen molar-refractivity contribution in [2.45, 2.75) is 45.4 Å². The van der Waals surface area contributed by atoms with Crippen molar-refractivity contribution in [3.63, 3.8) is 0 Å². The maximum atomic E-state index is 12.9. The lowest BCUT2D eigenvalue weighted by molar-refractivity contribution is -0.123. The Morgan fingerprint density at radius 1 is 1.10 bits per heavy atom. The summed E-state index contributed by atoms with van der Waals surface area (Å²) in [5.41, 5.74) is 2.13. The predicted molar refractivity (Wildman–Crippen MR) is 118 cm³/mol. The average Bonchev–Trinajstić information content (AvgIpc) is 2.70. The molecule has 0 aromatic heterocycles. The molecule has 0 saturated carbocycles. The number of carbonyl (C=O) groups excluding carboxylic acids is 2. The summed E-state index contributed by atoms with van der Waals surface area (Å²) in [6.45, 7) is 9.44. The minimum absolute atomic E-state index is 0.291. The third-order valence-electron chi connectivity index (χ3n) is 4.26. The van der Waals surface area contributed by atoms with E-state index in [2.05, 4.69) is 17.2 Å². The molecule has 2 aromatic rings. The summed E-state index contributed by atoms with van der Waals surface area (Å²) >= 11 is 0. The molecule has 0 fully saturated rings. The molecule has 160 valence electrons. The van der Waals surface area contributed by atoms with Gasteiger partial charge in [-0.05, 0) is 49.6 Å². The average molecular weight is 411 g/mol. The largest absolute Gasteiger partial charge is 0.497 e. The van der Waals surface area contributed by atoms with Crippen molar-refractivity contribution in [2.75, 3.05) is 7.11 Å². The monoisotopic (exact) mass is 410 g/mol. The number of ether oxygens (including phenoxy) is 2. The molecule has 0 heterocycles. The van der Waals surface area contributed by atoms with Gasteiger partial charge in [-0.25, -0.2) is 4.79 Å². The molecule has 1 atom stereocenters. The van der Waals surface area contributed by atoms with Crippen LogP contribution in [0.15, 0.2) is 55.1 Å². The van der Waals surface area contributed by atoms with Crippen LogP contribution >= 0.6 is 0 Å². The highest BCUT2D eigenvalue weighted by atomic mass is 16.6. The molecule has 0 saturated heterocycles. The van der Waals surface area contributed by atoms with Gasteiger partial charge >= 0.3 is 6.09 Å². The second-order valence-corrected chi connectivity index (χ2v) is 7.92. The zero-order chi connectivity index (χ0) is 22.1. The van der Waals surface area contributed by atoms with Crippen molar-refractivity contribution < 1.29 is 19.1 Å². The molecular formula is C24H30N2O4. The fourth-order valence-electron chi connectivity index (χ4n) is 2.80. The summed E-state index contributed by atoms with van der Waals surface area (Å²) in [6, 6.07) is 14.3. The van der Waals surface area contributed by atoms with Crippen LogP contribution in [0.1, 0.15) is 37.5 Å². The summed E-state index contributed by atoms with van der Waals surface area (Å²) in [6.07, 6.45) is 1.44. The van der Waals surface area contributed by atoms with Crippen molar-refractivity contribution in [2.24, 2.45) is 0 Å². The number of rotatable bonds is 8. The van der Waals surface area contributed by atoms with Gasteiger partial charge in [-0.3, -0.25) is 4.79 Å². The molecule has 0 radical (unpaired) electrons. The summed E-state index contributed by atoms with van der Waals surface area (Å²) in [5, 5.41) is 5.58. The normalized spacial score (nSPS) is 11.9. The maximum absolute atomic E-state index is 12.9. The Morgan fingerprint density at radius 3 is 2.40 bits per heavy atom. The Hall–Kier alpha value is -3.28. The molecule has 0 aliphatic heterocycles. The van der Waals surface area contributed by atoms with Crippen LogP contribution in [0.4, 0.5) is 4.79 Å². The molecule has 30 heavy (non-hydrogen) atoms. The molecule has 0 spiro atoms. The first-order valence-electron chi connectivity index (χ1n) is 9.81. The zero-order valence-electron chi connectivity index (χ0n) is 18.0. The van der Waals surface area contributed by atoms with Crippen LogP contribution in [0.3, 0.4) is 0 Å². The number of hydrogen-bond donors (Lipinski definition) is 2. The molecule has 0 aliphatic rings. The number of hydrogen-bond acceptors (Lipinski definition) is 4. The van der Waals surface area contributed by atoms with Crippen molar-refractivity contribution >= 4 is 18.1 Å². The first-order valence-corrected chi connectivity index (χ1v) is 9.81. The van der Waals surface area contributed by atoms with E-state index in [4.69, 9.17) is 9.47 Å². The number of benzene rings is 2. The zero-order valence-corrected chi connectivity index (χ0v) is 18.0. The second-order valence-electron chi connectivity index (χ2n) is 7.92. The van der Waals surface area contributed by atoms with E-state index in [1.807, 2.05) is 48.5 Å². The van der Waals surface area contributed by atoms with Gasteiger partial charge in [0.25, 0.3) is 0 Å². The van der Waals surface area contributed by atoms with Crippen molar-refractivity contribution in [1.82, 2.24) is 10.6 Å². The third-order valence-corrected chi connectivity index (χ3v) is 4.26. The summed E-state index contributed by atoms with van der Waals surface area (Å²) in [4.78, 5) is 25.2. The molecule has 6 heteroatoms. The van der Waals surface area contributed by atoms with Crippen LogP contribution in [0.25, 0.3) is 6.08 Å². The Kier molecular flexibility index (Phi) is 8.04. The van der Waals surface area contributed by atoms with Crippen molar-refractivity contribution in [3.05, 3.63) is 71.8 Å². The van der Waals surface area contributed by atoms with Crippen molar-refractivity contribution in [3.8, 4) is 5.75 Å². The van der Waals surface area contributed by atoms with E-state index in [1.54, 1.807) is 34.0 Å². The predicted octanol–water partition coefficient (Wildman–Crippen LogP) is 4.09. The molecule has 2 N–H and O–H groups in total. The first-order chi connectivity index (χ1) is 14.2. The van der Waals surface area contributed by atoms with E-state index in [1.165, 1.54) is 0 Å². The Morgan fingerprint density at radius 2 is 1.80 bits per heavy atom. The van der Waals surface area contributed by atoms with Gasteiger partial charge in [-0.15, -0.1) is 0 Å². The molecule has 2 rings (SSSR count). The smallest absolute Gasteiger partial charge is 0.408 e. The van der Waals surface area contributed by atoms with Crippen LogP contribution in [-0.2, 0) is 22.5 Å². The van der Waals surface area contributed by atoms with Gasteiger partial charge in [0.2, 0.25) is 5.91 Å². The summed E-state index contributed by atoms with van der Waals surface area (Å²) in [7, 11) is 1.60. The summed E-state index contributed by atoms with van der Waals surface area (Å²) < 4.78 is 10.5. The van der Waals surface area contributed by atoms with Crippen molar-refractivity contribution in [1.29, 1.82) is 0 Å². The van der Waals surface area contributed by atoms with Gasteiger partial charge in [-0.1, -0.05) is 49.1 Å². The number of carbonyl (C=O) groups is 2. The fourth-order valence-corrected chi connectivity index (χ4v) is 2.80. The summed E-state index contributed by atoms with van der Waals surface area (Å²) in [5.74, 6) is 0.456. The highest BCUT2D eigenvalue weighted by Crippen LogP contribution is 2.13. The van der Waals surface area contributed by atoms with Gasteiger partial charge in [0, 0.05) is 13.0 Å². The standard InChI is InChI=1S/C24H30N2O4/c1-6-17-8-7-9-19(14-17)15-21(26-23(28)30-24(2,3)4)22(27)25-16-18-10-12-20(29-5)13-11-18/h6-14,21H,1,15-16H2,2-5H3,(H,25,27)(H,26,28)/t21-/m0/s1. The van der Waals surface area contributed by atoms with E-state index in [9.17, 15) is 9.59 Å².